The predicted molar refractivity (Wildman–Crippen MR) is 103 cm³/mol. The highest BCUT2D eigenvalue weighted by atomic mass is 79.9. The number of aryl methyl sites for hydroxylation is 1. The number of rotatable bonds is 6. The van der Waals surface area contributed by atoms with Crippen molar-refractivity contribution in [1.82, 2.24) is 0 Å². The molecule has 0 saturated heterocycles. The molecule has 0 saturated carbocycles. The number of halogens is 1. The molecule has 9 nitrogen and oxygen atoms in total. The van der Waals surface area contributed by atoms with E-state index in [9.17, 15) is 24.5 Å². The fourth-order valence-electron chi connectivity index (χ4n) is 3.23. The summed E-state index contributed by atoms with van der Waals surface area (Å²) in [5, 5.41) is 11.6. The Morgan fingerprint density at radius 1 is 1.25 bits per heavy atom. The average Bonchev–Trinajstić information content (AvgIpc) is 2.64. The number of nitro groups is 1. The fourth-order valence-corrected chi connectivity index (χ4v) is 3.72. The van der Waals surface area contributed by atoms with Crippen molar-refractivity contribution in [3.05, 3.63) is 32.3 Å². The second kappa shape index (κ2) is 9.63. The number of benzene rings is 1. The number of fused-ring (bicyclic) bond motifs is 1. The van der Waals surface area contributed by atoms with E-state index < -0.39 is 28.8 Å². The molecule has 1 aromatic rings. The van der Waals surface area contributed by atoms with E-state index in [4.69, 9.17) is 9.47 Å². The summed E-state index contributed by atoms with van der Waals surface area (Å²) in [5.41, 5.74) is 0.361. The summed E-state index contributed by atoms with van der Waals surface area (Å²) in [6.45, 7) is 3.48. The van der Waals surface area contributed by atoms with Gasteiger partial charge in [0.1, 0.15) is 5.69 Å². The van der Waals surface area contributed by atoms with E-state index in [1.807, 2.05) is 0 Å². The third kappa shape index (κ3) is 4.86. The molecule has 10 heteroatoms. The van der Waals surface area contributed by atoms with Gasteiger partial charge in [-0.2, -0.15) is 0 Å². The normalized spacial score (nSPS) is 15.5. The highest BCUT2D eigenvalue weighted by Gasteiger charge is 2.40. The molecule has 1 heterocycles. The van der Waals surface area contributed by atoms with Crippen LogP contribution in [0.5, 0.6) is 0 Å². The van der Waals surface area contributed by atoms with Crippen molar-refractivity contribution >= 4 is 45.2 Å². The van der Waals surface area contributed by atoms with E-state index in [0.717, 1.165) is 4.90 Å². The van der Waals surface area contributed by atoms with E-state index >= 15 is 0 Å². The Bertz CT molecular complexity index is 796. The number of amides is 1. The van der Waals surface area contributed by atoms with Gasteiger partial charge in [-0.1, -0.05) is 15.9 Å². The van der Waals surface area contributed by atoms with Gasteiger partial charge < -0.3 is 9.47 Å². The predicted octanol–water partition coefficient (Wildman–Crippen LogP) is 2.91. The largest absolute Gasteiger partial charge is 0.466 e. The Morgan fingerprint density at radius 3 is 2.54 bits per heavy atom. The van der Waals surface area contributed by atoms with Crippen LogP contribution >= 0.6 is 15.9 Å². The monoisotopic (exact) mass is 456 g/mol. The minimum atomic E-state index is -1.09. The van der Waals surface area contributed by atoms with Gasteiger partial charge >= 0.3 is 17.8 Å². The minimum absolute atomic E-state index is 0.00118. The third-order valence-corrected chi connectivity index (χ3v) is 4.80. The van der Waals surface area contributed by atoms with Gasteiger partial charge in [0.05, 0.1) is 18.1 Å². The average molecular weight is 457 g/mol. The number of ether oxygens (including phenoxy) is 2. The lowest BCUT2D eigenvalue weighted by atomic mass is 9.92. The number of nitrogens with zero attached hydrogens (tertiary/aromatic N) is 2. The second-order valence-electron chi connectivity index (χ2n) is 6.12. The second-order valence-corrected chi connectivity index (χ2v) is 7.04. The van der Waals surface area contributed by atoms with E-state index in [1.54, 1.807) is 19.9 Å². The first-order chi connectivity index (χ1) is 13.3. The summed E-state index contributed by atoms with van der Waals surface area (Å²) >= 11 is 3.24. The molecule has 152 valence electrons. The number of nitro benzene ring substituents is 1. The maximum atomic E-state index is 12.8. The molecule has 0 radical (unpaired) electrons. The lowest BCUT2D eigenvalue weighted by Crippen LogP contribution is -2.48. The zero-order valence-corrected chi connectivity index (χ0v) is 17.2. The van der Waals surface area contributed by atoms with Gasteiger partial charge in [-0.15, -0.1) is 0 Å². The van der Waals surface area contributed by atoms with Crippen molar-refractivity contribution in [1.29, 1.82) is 0 Å². The zero-order valence-electron chi connectivity index (χ0n) is 15.6. The molecule has 1 aromatic carbocycles. The van der Waals surface area contributed by atoms with Crippen LogP contribution in [0.15, 0.2) is 16.6 Å². The molecule has 1 aliphatic heterocycles. The molecule has 0 bridgehead atoms. The molecule has 1 atom stereocenters. The van der Waals surface area contributed by atoms with Crippen molar-refractivity contribution in [3.8, 4) is 0 Å². The van der Waals surface area contributed by atoms with Crippen LogP contribution in [0, 0.1) is 10.1 Å². The van der Waals surface area contributed by atoms with Crippen molar-refractivity contribution in [2.45, 2.75) is 45.6 Å². The number of esters is 2. The molecule has 1 unspecified atom stereocenters. The lowest BCUT2D eigenvalue weighted by Gasteiger charge is -2.36. The summed E-state index contributed by atoms with van der Waals surface area (Å²) in [5.74, 6) is -2.50. The summed E-state index contributed by atoms with van der Waals surface area (Å²) in [6, 6.07) is 2.42. The van der Waals surface area contributed by atoms with Gasteiger partial charge in [-0.05, 0) is 44.7 Å². The van der Waals surface area contributed by atoms with Gasteiger partial charge in [0.2, 0.25) is 0 Å². The van der Waals surface area contributed by atoms with E-state index in [0.29, 0.717) is 22.9 Å². The Hall–Kier alpha value is -2.49. The van der Waals surface area contributed by atoms with Crippen molar-refractivity contribution in [2.24, 2.45) is 0 Å². The van der Waals surface area contributed by atoms with Crippen LogP contribution in [0.25, 0.3) is 0 Å². The highest BCUT2D eigenvalue weighted by Crippen LogP contribution is 2.41. The van der Waals surface area contributed by atoms with Crippen molar-refractivity contribution in [2.75, 3.05) is 18.1 Å². The van der Waals surface area contributed by atoms with E-state index in [2.05, 4.69) is 15.9 Å². The van der Waals surface area contributed by atoms with Crippen LogP contribution in [-0.2, 0) is 30.3 Å². The van der Waals surface area contributed by atoms with Gasteiger partial charge in [0.15, 0.2) is 0 Å². The Morgan fingerprint density at radius 2 is 1.93 bits per heavy atom. The third-order valence-electron chi connectivity index (χ3n) is 4.34. The Kier molecular flexibility index (Phi) is 7.50. The number of hydrogen-bond acceptors (Lipinski definition) is 7. The molecule has 1 amide bonds. The Balaban J connectivity index is 2.46. The van der Waals surface area contributed by atoms with Gasteiger partial charge in [-0.3, -0.25) is 24.6 Å². The summed E-state index contributed by atoms with van der Waals surface area (Å²) in [4.78, 5) is 48.7. The minimum Gasteiger partial charge on any atom is -0.466 e. The number of anilines is 1. The molecular formula is C18H21BrN2O7. The van der Waals surface area contributed by atoms with E-state index in [-0.39, 0.29) is 37.4 Å². The first kappa shape index (κ1) is 21.8. The van der Waals surface area contributed by atoms with E-state index in [1.165, 1.54) is 6.07 Å². The Labute approximate surface area is 170 Å². The molecule has 0 spiro atoms. The fraction of sp³-hybridized carbons (Fsp3) is 0.500. The maximum Gasteiger partial charge on any atom is 0.397 e. The van der Waals surface area contributed by atoms with Crippen LogP contribution in [0.3, 0.4) is 0 Å². The van der Waals surface area contributed by atoms with Crippen molar-refractivity contribution in [3.63, 3.8) is 0 Å². The first-order valence-corrected chi connectivity index (χ1v) is 9.72. The van der Waals surface area contributed by atoms with Crippen molar-refractivity contribution < 1.29 is 28.8 Å². The molecule has 0 fully saturated rings. The van der Waals surface area contributed by atoms with Gasteiger partial charge in [0.25, 0.3) is 5.69 Å². The van der Waals surface area contributed by atoms with Gasteiger partial charge in [-0.25, -0.2) is 4.79 Å². The van der Waals surface area contributed by atoms with Crippen LogP contribution < -0.4 is 4.90 Å². The summed E-state index contributed by atoms with van der Waals surface area (Å²) in [6.07, 6.45) is 1.17. The lowest BCUT2D eigenvalue weighted by molar-refractivity contribution is -0.384. The van der Waals surface area contributed by atoms with Crippen LogP contribution in [0.1, 0.15) is 38.7 Å². The molecule has 28 heavy (non-hydrogen) atoms. The number of hydrogen-bond donors (Lipinski definition) is 0. The van der Waals surface area contributed by atoms with Crippen LogP contribution in [0.2, 0.25) is 0 Å². The highest BCUT2D eigenvalue weighted by molar-refractivity contribution is 9.10. The molecular weight excluding hydrogens is 436 g/mol. The number of carbonyl (C=O) groups excluding carboxylic acids is 3. The van der Waals surface area contributed by atoms with Crippen LogP contribution in [-0.4, -0.2) is 42.0 Å². The van der Waals surface area contributed by atoms with Gasteiger partial charge in [0, 0.05) is 23.0 Å². The summed E-state index contributed by atoms with van der Waals surface area (Å²) < 4.78 is 10.2. The quantitative estimate of drug-likeness (QED) is 0.279. The molecule has 0 N–H and O–H groups in total. The van der Waals surface area contributed by atoms with Crippen LogP contribution in [0.4, 0.5) is 11.4 Å². The topological polar surface area (TPSA) is 116 Å². The first-order valence-electron chi connectivity index (χ1n) is 8.92. The molecule has 2 rings (SSSR count). The standard InChI is InChI=1S/C18H21BrN2O7/c1-3-27-15(22)8-7-13-6-5-11-9-12(19)10-14(21(25)26)16(11)20(13)17(23)18(24)28-4-2/h9-10,13H,3-8H2,1-2H3. The summed E-state index contributed by atoms with van der Waals surface area (Å²) in [7, 11) is 0. The maximum absolute atomic E-state index is 12.8. The number of carbonyl (C=O) groups is 3. The zero-order chi connectivity index (χ0) is 20.8. The molecule has 1 aliphatic rings. The molecule has 0 aromatic heterocycles. The smallest absolute Gasteiger partial charge is 0.397 e. The molecule has 0 aliphatic carbocycles. The SMILES string of the molecule is CCOC(=O)CCC1CCc2cc(Br)cc([N+](=O)[O-])c2N1C(=O)C(=O)OCC.